The number of benzene rings is 2. The van der Waals surface area contributed by atoms with Crippen molar-refractivity contribution in [2.45, 2.75) is 32.6 Å². The molecule has 0 radical (unpaired) electrons. The van der Waals surface area contributed by atoms with E-state index in [0.29, 0.717) is 22.6 Å². The Kier molecular flexibility index (Phi) is 6.28. The number of carbonyl (C=O) groups excluding carboxylic acids is 1. The zero-order chi connectivity index (χ0) is 20.4. The van der Waals surface area contributed by atoms with Crippen molar-refractivity contribution in [2.75, 3.05) is 26.0 Å². The number of likely N-dealkylation sites (N-methyl/N-ethyl adjacent to an activating group) is 1. The highest BCUT2D eigenvalue weighted by atomic mass is 32.2. The molecule has 0 unspecified atom stereocenters. The standard InChI is InChI=1S/C20H26N2O4S/c1-13-7-8-18(26-6)17(11-13)21-19(23)12-22(5)27(24,25)20-15(3)9-14(2)10-16(20)4/h7-11H,12H2,1-6H3,(H,21,23). The second-order valence-corrected chi connectivity index (χ2v) is 8.72. The van der Waals surface area contributed by atoms with Crippen LogP contribution in [0.5, 0.6) is 5.75 Å². The molecule has 0 aromatic heterocycles. The number of anilines is 1. The minimum absolute atomic E-state index is 0.247. The van der Waals surface area contributed by atoms with Gasteiger partial charge in [0.25, 0.3) is 0 Å². The van der Waals surface area contributed by atoms with E-state index in [1.807, 2.05) is 32.0 Å². The fourth-order valence-electron chi connectivity index (χ4n) is 3.13. The number of rotatable bonds is 6. The zero-order valence-corrected chi connectivity index (χ0v) is 17.4. The number of aryl methyl sites for hydroxylation is 4. The van der Waals surface area contributed by atoms with E-state index >= 15 is 0 Å². The summed E-state index contributed by atoms with van der Waals surface area (Å²) in [7, 11) is -0.869. The first-order valence-electron chi connectivity index (χ1n) is 8.55. The third-order valence-corrected chi connectivity index (χ3v) is 6.38. The summed E-state index contributed by atoms with van der Waals surface area (Å²) in [6, 6.07) is 9.05. The van der Waals surface area contributed by atoms with Gasteiger partial charge >= 0.3 is 0 Å². The van der Waals surface area contributed by atoms with Gasteiger partial charge in [-0.25, -0.2) is 8.42 Å². The molecule has 0 bridgehead atoms. The number of methoxy groups -OCH3 is 1. The third-order valence-electron chi connectivity index (χ3n) is 4.27. The van der Waals surface area contributed by atoms with Crippen LogP contribution in [0.4, 0.5) is 5.69 Å². The van der Waals surface area contributed by atoms with Crippen molar-refractivity contribution in [1.82, 2.24) is 4.31 Å². The summed E-state index contributed by atoms with van der Waals surface area (Å²) in [5.74, 6) is 0.0806. The highest BCUT2D eigenvalue weighted by Crippen LogP contribution is 2.26. The van der Waals surface area contributed by atoms with Gasteiger partial charge in [0.15, 0.2) is 0 Å². The smallest absolute Gasteiger partial charge is 0.243 e. The van der Waals surface area contributed by atoms with Gasteiger partial charge in [0.05, 0.1) is 24.2 Å². The van der Waals surface area contributed by atoms with E-state index in [4.69, 9.17) is 4.74 Å². The lowest BCUT2D eigenvalue weighted by Crippen LogP contribution is -2.35. The normalized spacial score (nSPS) is 11.5. The Labute approximate surface area is 161 Å². The van der Waals surface area contributed by atoms with E-state index < -0.39 is 15.9 Å². The molecule has 0 saturated heterocycles. The topological polar surface area (TPSA) is 75.7 Å². The molecule has 0 heterocycles. The molecule has 2 rings (SSSR count). The summed E-state index contributed by atoms with van der Waals surface area (Å²) in [5.41, 5.74) is 3.80. The first-order chi connectivity index (χ1) is 12.6. The summed E-state index contributed by atoms with van der Waals surface area (Å²) < 4.78 is 32.2. The molecule has 27 heavy (non-hydrogen) atoms. The molecule has 1 N–H and O–H groups in total. The number of hydrogen-bond donors (Lipinski definition) is 1. The van der Waals surface area contributed by atoms with Crippen molar-refractivity contribution in [3.05, 3.63) is 52.6 Å². The lowest BCUT2D eigenvalue weighted by atomic mass is 10.1. The van der Waals surface area contributed by atoms with Crippen molar-refractivity contribution in [2.24, 2.45) is 0 Å². The van der Waals surface area contributed by atoms with E-state index in [2.05, 4.69) is 5.32 Å². The Morgan fingerprint density at radius 2 is 1.63 bits per heavy atom. The number of sulfonamides is 1. The molecule has 146 valence electrons. The van der Waals surface area contributed by atoms with Crippen LogP contribution in [0.1, 0.15) is 22.3 Å². The molecule has 0 aliphatic heterocycles. The maximum absolute atomic E-state index is 13.0. The second kappa shape index (κ2) is 8.10. The Hall–Kier alpha value is -2.38. The molecule has 7 heteroatoms. The largest absolute Gasteiger partial charge is 0.495 e. The Morgan fingerprint density at radius 3 is 2.19 bits per heavy atom. The minimum Gasteiger partial charge on any atom is -0.495 e. The van der Waals surface area contributed by atoms with Crippen LogP contribution in [0, 0.1) is 27.7 Å². The highest BCUT2D eigenvalue weighted by Gasteiger charge is 2.26. The van der Waals surface area contributed by atoms with Crippen LogP contribution in [-0.4, -0.2) is 39.3 Å². The number of carbonyl (C=O) groups is 1. The van der Waals surface area contributed by atoms with Gasteiger partial charge in [-0.1, -0.05) is 23.8 Å². The molecule has 0 fully saturated rings. The molecule has 2 aromatic rings. The average Bonchev–Trinajstić information content (AvgIpc) is 2.53. The third kappa shape index (κ3) is 4.67. The van der Waals surface area contributed by atoms with Crippen LogP contribution in [0.3, 0.4) is 0 Å². The van der Waals surface area contributed by atoms with Gasteiger partial charge in [-0.15, -0.1) is 0 Å². The van der Waals surface area contributed by atoms with Gasteiger partial charge in [-0.3, -0.25) is 4.79 Å². The Morgan fingerprint density at radius 1 is 1.04 bits per heavy atom. The molecule has 0 atom stereocenters. The predicted octanol–water partition coefficient (Wildman–Crippen LogP) is 3.19. The maximum Gasteiger partial charge on any atom is 0.243 e. The van der Waals surface area contributed by atoms with Gasteiger partial charge in [-0.05, 0) is 56.5 Å². The molecule has 2 aromatic carbocycles. The number of nitrogens with zero attached hydrogens (tertiary/aromatic N) is 1. The van der Waals surface area contributed by atoms with Crippen molar-refractivity contribution < 1.29 is 17.9 Å². The first-order valence-corrected chi connectivity index (χ1v) is 9.99. The zero-order valence-electron chi connectivity index (χ0n) is 16.6. The Balaban J connectivity index is 2.23. The van der Waals surface area contributed by atoms with Crippen molar-refractivity contribution in [3.63, 3.8) is 0 Å². The van der Waals surface area contributed by atoms with Crippen LogP contribution in [0.2, 0.25) is 0 Å². The Bertz CT molecular complexity index is 945. The van der Waals surface area contributed by atoms with Gasteiger partial charge in [0.2, 0.25) is 15.9 Å². The monoisotopic (exact) mass is 390 g/mol. The SMILES string of the molecule is COc1ccc(C)cc1NC(=O)CN(C)S(=O)(=O)c1c(C)cc(C)cc1C. The van der Waals surface area contributed by atoms with E-state index in [1.54, 1.807) is 26.0 Å². The minimum atomic E-state index is -3.79. The van der Waals surface area contributed by atoms with E-state index in [1.165, 1.54) is 14.2 Å². The quantitative estimate of drug-likeness (QED) is 0.822. The summed E-state index contributed by atoms with van der Waals surface area (Å²) in [6.45, 7) is 7.04. The van der Waals surface area contributed by atoms with Gasteiger partial charge in [-0.2, -0.15) is 4.31 Å². The fraction of sp³-hybridized carbons (Fsp3) is 0.350. The first kappa shape index (κ1) is 20.9. The number of nitrogens with one attached hydrogen (secondary N) is 1. The van der Waals surface area contributed by atoms with Crippen molar-refractivity contribution in [3.8, 4) is 5.75 Å². The van der Waals surface area contributed by atoms with E-state index in [0.717, 1.165) is 15.4 Å². The van der Waals surface area contributed by atoms with Gasteiger partial charge in [0, 0.05) is 7.05 Å². The summed E-state index contributed by atoms with van der Waals surface area (Å²) in [6.07, 6.45) is 0. The molecule has 0 saturated carbocycles. The van der Waals surface area contributed by atoms with Crippen LogP contribution in [-0.2, 0) is 14.8 Å². The lowest BCUT2D eigenvalue weighted by molar-refractivity contribution is -0.116. The molecule has 0 spiro atoms. The van der Waals surface area contributed by atoms with E-state index in [-0.39, 0.29) is 11.4 Å². The molecule has 0 aliphatic rings. The van der Waals surface area contributed by atoms with Crippen LogP contribution < -0.4 is 10.1 Å². The highest BCUT2D eigenvalue weighted by molar-refractivity contribution is 7.89. The predicted molar refractivity (Wildman–Crippen MR) is 107 cm³/mol. The summed E-state index contributed by atoms with van der Waals surface area (Å²) >= 11 is 0. The maximum atomic E-state index is 13.0. The van der Waals surface area contributed by atoms with Crippen LogP contribution in [0.25, 0.3) is 0 Å². The number of amides is 1. The van der Waals surface area contributed by atoms with Gasteiger partial charge < -0.3 is 10.1 Å². The lowest BCUT2D eigenvalue weighted by Gasteiger charge is -2.20. The number of ether oxygens (including phenoxy) is 1. The van der Waals surface area contributed by atoms with Crippen molar-refractivity contribution >= 4 is 21.6 Å². The molecular formula is C20H26N2O4S. The number of hydrogen-bond acceptors (Lipinski definition) is 4. The molecule has 1 amide bonds. The second-order valence-electron chi connectivity index (χ2n) is 6.74. The summed E-state index contributed by atoms with van der Waals surface area (Å²) in [5, 5.41) is 2.73. The van der Waals surface area contributed by atoms with Gasteiger partial charge in [0.1, 0.15) is 5.75 Å². The van der Waals surface area contributed by atoms with Crippen LogP contribution >= 0.6 is 0 Å². The van der Waals surface area contributed by atoms with Crippen molar-refractivity contribution in [1.29, 1.82) is 0 Å². The van der Waals surface area contributed by atoms with Crippen LogP contribution in [0.15, 0.2) is 35.2 Å². The summed E-state index contributed by atoms with van der Waals surface area (Å²) in [4.78, 5) is 12.7. The average molecular weight is 391 g/mol. The molecular weight excluding hydrogens is 364 g/mol. The molecule has 6 nitrogen and oxygen atoms in total. The fourth-order valence-corrected chi connectivity index (χ4v) is 4.66. The molecule has 0 aliphatic carbocycles. The van der Waals surface area contributed by atoms with E-state index in [9.17, 15) is 13.2 Å².